The molecule has 28 heavy (non-hydrogen) atoms. The number of carbonyl (C=O) groups is 1. The van der Waals surface area contributed by atoms with E-state index in [2.05, 4.69) is 23.7 Å². The molecule has 7 heteroatoms. The van der Waals surface area contributed by atoms with E-state index in [1.54, 1.807) is 25.1 Å². The molecule has 1 heterocycles. The van der Waals surface area contributed by atoms with Gasteiger partial charge in [0.1, 0.15) is 0 Å². The van der Waals surface area contributed by atoms with Gasteiger partial charge in [0.2, 0.25) is 10.0 Å². The monoisotopic (exact) mass is 405 g/mol. The molecular weight excluding hydrogens is 374 g/mol. The molecule has 0 spiro atoms. The van der Waals surface area contributed by atoms with Crippen LogP contribution in [0.4, 0.5) is 5.69 Å². The molecule has 154 valence electrons. The number of rotatable bonds is 7. The minimum atomic E-state index is -3.60. The van der Waals surface area contributed by atoms with Crippen molar-refractivity contribution < 1.29 is 13.2 Å². The Hall–Kier alpha value is -2.12. The first-order chi connectivity index (χ1) is 13.0. The van der Waals surface area contributed by atoms with Crippen LogP contribution in [-0.2, 0) is 10.0 Å². The fourth-order valence-electron chi connectivity index (χ4n) is 3.66. The number of aryl methyl sites for hydroxylation is 2. The Bertz CT molecular complexity index is 971. The van der Waals surface area contributed by atoms with Gasteiger partial charge in [-0.15, -0.1) is 0 Å². The summed E-state index contributed by atoms with van der Waals surface area (Å²) in [5, 5.41) is 2.86. The van der Waals surface area contributed by atoms with Crippen molar-refractivity contribution in [3.63, 3.8) is 0 Å². The summed E-state index contributed by atoms with van der Waals surface area (Å²) in [5.74, 6) is -0.241. The van der Waals surface area contributed by atoms with Gasteiger partial charge in [0, 0.05) is 36.2 Å². The molecule has 0 aliphatic carbocycles. The number of aromatic nitrogens is 1. The lowest BCUT2D eigenvalue weighted by Gasteiger charge is -2.20. The van der Waals surface area contributed by atoms with Crippen LogP contribution in [0.25, 0.3) is 0 Å². The summed E-state index contributed by atoms with van der Waals surface area (Å²) < 4.78 is 29.3. The molecule has 1 aromatic heterocycles. The van der Waals surface area contributed by atoms with Crippen LogP contribution < -0.4 is 5.32 Å². The van der Waals surface area contributed by atoms with Crippen LogP contribution in [0.3, 0.4) is 0 Å². The number of hydrogen-bond donors (Lipinski definition) is 1. The number of benzene rings is 1. The van der Waals surface area contributed by atoms with Gasteiger partial charge in [-0.3, -0.25) is 4.79 Å². The van der Waals surface area contributed by atoms with E-state index in [0.717, 1.165) is 11.4 Å². The molecule has 1 N–H and O–H groups in total. The van der Waals surface area contributed by atoms with Crippen molar-refractivity contribution in [3.05, 3.63) is 46.8 Å². The van der Waals surface area contributed by atoms with Gasteiger partial charge in [0.15, 0.2) is 0 Å². The zero-order valence-electron chi connectivity index (χ0n) is 17.8. The molecule has 0 unspecified atom stereocenters. The van der Waals surface area contributed by atoms with Crippen molar-refractivity contribution in [1.29, 1.82) is 0 Å². The van der Waals surface area contributed by atoms with E-state index in [1.807, 2.05) is 33.8 Å². The third-order valence-electron chi connectivity index (χ3n) is 5.01. The van der Waals surface area contributed by atoms with E-state index < -0.39 is 10.0 Å². The highest BCUT2D eigenvalue weighted by molar-refractivity contribution is 7.89. The van der Waals surface area contributed by atoms with Crippen LogP contribution >= 0.6 is 0 Å². The highest BCUT2D eigenvalue weighted by Gasteiger charge is 2.24. The molecule has 0 saturated heterocycles. The highest BCUT2D eigenvalue weighted by Crippen LogP contribution is 2.25. The Labute approximate surface area is 168 Å². The first-order valence-electron chi connectivity index (χ1n) is 9.65. The predicted molar refractivity (Wildman–Crippen MR) is 114 cm³/mol. The average Bonchev–Trinajstić information content (AvgIpc) is 2.91. The average molecular weight is 406 g/mol. The first kappa shape index (κ1) is 22.2. The first-order valence-corrected chi connectivity index (χ1v) is 11.1. The van der Waals surface area contributed by atoms with Crippen LogP contribution in [0.15, 0.2) is 29.2 Å². The summed E-state index contributed by atoms with van der Waals surface area (Å²) in [4.78, 5) is 13.1. The van der Waals surface area contributed by atoms with Crippen LogP contribution in [0.5, 0.6) is 0 Å². The minimum absolute atomic E-state index is 0.224. The minimum Gasteiger partial charge on any atom is -0.346 e. The molecule has 1 aromatic carbocycles. The van der Waals surface area contributed by atoms with Crippen molar-refractivity contribution in [2.24, 2.45) is 0 Å². The molecular formula is C21H31N3O3S. The van der Waals surface area contributed by atoms with E-state index >= 15 is 0 Å². The SMILES string of the molecule is CCN(CC)S(=O)(=O)c1cc(NC(=O)c2cc(C)n(C(C)C)c2C)ccc1C. The number of nitrogens with zero attached hydrogens (tertiary/aromatic N) is 2. The third-order valence-corrected chi connectivity index (χ3v) is 7.21. The van der Waals surface area contributed by atoms with Crippen LogP contribution in [0.2, 0.25) is 0 Å². The Morgan fingerprint density at radius 2 is 1.71 bits per heavy atom. The molecule has 0 fully saturated rings. The molecule has 0 bridgehead atoms. The maximum Gasteiger partial charge on any atom is 0.257 e. The smallest absolute Gasteiger partial charge is 0.257 e. The number of anilines is 1. The zero-order valence-corrected chi connectivity index (χ0v) is 18.6. The van der Waals surface area contributed by atoms with Gasteiger partial charge >= 0.3 is 0 Å². The quantitative estimate of drug-likeness (QED) is 0.747. The van der Waals surface area contributed by atoms with Crippen molar-refractivity contribution in [2.75, 3.05) is 18.4 Å². The summed E-state index contributed by atoms with van der Waals surface area (Å²) in [6.45, 7) is 14.2. The van der Waals surface area contributed by atoms with Gasteiger partial charge in [0.25, 0.3) is 5.91 Å². The Morgan fingerprint density at radius 1 is 1.11 bits per heavy atom. The van der Waals surface area contributed by atoms with Crippen LogP contribution in [0, 0.1) is 20.8 Å². The molecule has 6 nitrogen and oxygen atoms in total. The molecule has 1 amide bonds. The largest absolute Gasteiger partial charge is 0.346 e. The van der Waals surface area contributed by atoms with Crippen molar-refractivity contribution in [3.8, 4) is 0 Å². The summed E-state index contributed by atoms with van der Waals surface area (Å²) in [5.41, 5.74) is 3.64. The normalized spacial score (nSPS) is 12.0. The highest BCUT2D eigenvalue weighted by atomic mass is 32.2. The molecule has 2 aromatic rings. The Balaban J connectivity index is 2.39. The number of hydrogen-bond acceptors (Lipinski definition) is 3. The lowest BCUT2D eigenvalue weighted by Crippen LogP contribution is -2.31. The molecule has 0 aliphatic rings. The van der Waals surface area contributed by atoms with Crippen molar-refractivity contribution in [1.82, 2.24) is 8.87 Å². The maximum atomic E-state index is 12.9. The van der Waals surface area contributed by atoms with E-state index in [0.29, 0.717) is 29.9 Å². The maximum absolute atomic E-state index is 12.9. The third kappa shape index (κ3) is 4.15. The van der Waals surface area contributed by atoms with E-state index in [1.165, 1.54) is 4.31 Å². The van der Waals surface area contributed by atoms with Gasteiger partial charge in [-0.05, 0) is 58.4 Å². The van der Waals surface area contributed by atoms with E-state index in [9.17, 15) is 13.2 Å². The van der Waals surface area contributed by atoms with Crippen LogP contribution in [-0.4, -0.2) is 36.3 Å². The number of sulfonamides is 1. The Kier molecular flexibility index (Phi) is 6.72. The predicted octanol–water partition coefficient (Wildman–Crippen LogP) is 4.28. The number of carbonyl (C=O) groups excluding carboxylic acids is 1. The molecule has 0 atom stereocenters. The Morgan fingerprint density at radius 3 is 2.21 bits per heavy atom. The molecule has 0 aliphatic heterocycles. The second-order valence-electron chi connectivity index (χ2n) is 7.27. The zero-order chi connectivity index (χ0) is 21.2. The van der Waals surface area contributed by atoms with Gasteiger partial charge in [-0.25, -0.2) is 8.42 Å². The second kappa shape index (κ2) is 8.49. The molecule has 0 saturated carbocycles. The lowest BCUT2D eigenvalue weighted by atomic mass is 10.2. The number of amides is 1. The number of nitrogens with one attached hydrogen (secondary N) is 1. The fourth-order valence-corrected chi connectivity index (χ4v) is 5.37. The summed E-state index contributed by atoms with van der Waals surface area (Å²) in [6.07, 6.45) is 0. The fraction of sp³-hybridized carbons (Fsp3) is 0.476. The van der Waals surface area contributed by atoms with Gasteiger partial charge in [-0.1, -0.05) is 19.9 Å². The molecule has 0 radical (unpaired) electrons. The van der Waals surface area contributed by atoms with E-state index in [4.69, 9.17) is 0 Å². The topological polar surface area (TPSA) is 71.4 Å². The van der Waals surface area contributed by atoms with E-state index in [-0.39, 0.29) is 16.8 Å². The van der Waals surface area contributed by atoms with Gasteiger partial charge in [-0.2, -0.15) is 4.31 Å². The summed E-state index contributed by atoms with van der Waals surface area (Å²) >= 11 is 0. The van der Waals surface area contributed by atoms with Gasteiger partial charge < -0.3 is 9.88 Å². The lowest BCUT2D eigenvalue weighted by molar-refractivity contribution is 0.102. The van der Waals surface area contributed by atoms with Crippen molar-refractivity contribution >= 4 is 21.6 Å². The summed E-state index contributed by atoms with van der Waals surface area (Å²) in [6, 6.07) is 7.13. The van der Waals surface area contributed by atoms with Gasteiger partial charge in [0.05, 0.1) is 10.5 Å². The van der Waals surface area contributed by atoms with Crippen LogP contribution in [0.1, 0.15) is 61.0 Å². The molecule has 2 rings (SSSR count). The standard InChI is InChI=1S/C21H31N3O3S/c1-8-23(9-2)28(26,27)20-13-18(11-10-15(20)5)22-21(25)19-12-16(6)24(14(3)4)17(19)7/h10-14H,8-9H2,1-7H3,(H,22,25). The second-order valence-corrected chi connectivity index (χ2v) is 9.18. The summed E-state index contributed by atoms with van der Waals surface area (Å²) in [7, 11) is -3.60. The van der Waals surface area contributed by atoms with Crippen molar-refractivity contribution in [2.45, 2.75) is 59.4 Å².